The summed E-state index contributed by atoms with van der Waals surface area (Å²) in [6, 6.07) is 41.8. The van der Waals surface area contributed by atoms with Crippen molar-refractivity contribution in [3.63, 3.8) is 0 Å². The third kappa shape index (κ3) is 19.2. The summed E-state index contributed by atoms with van der Waals surface area (Å²) in [4.78, 5) is 0. The second-order valence-electron chi connectivity index (χ2n) is 11.9. The van der Waals surface area contributed by atoms with Gasteiger partial charge in [-0.15, -0.1) is 0 Å². The van der Waals surface area contributed by atoms with Crippen LogP contribution in [0.3, 0.4) is 0 Å². The first kappa shape index (κ1) is 58.9. The van der Waals surface area contributed by atoms with Gasteiger partial charge in [-0.1, -0.05) is 180 Å². The minimum Gasteiger partial charge on any atom is -0.474 e. The summed E-state index contributed by atoms with van der Waals surface area (Å²) >= 11 is 0. The number of fused-ring (bicyclic) bond motifs is 2. The Bertz CT molecular complexity index is 1830. The zero-order valence-electron chi connectivity index (χ0n) is 41.0. The van der Waals surface area contributed by atoms with Crippen molar-refractivity contribution in [2.45, 2.75) is 83.1 Å². The van der Waals surface area contributed by atoms with Crippen molar-refractivity contribution >= 4 is 54.1 Å². The number of para-hydroxylation sites is 2. The van der Waals surface area contributed by atoms with Gasteiger partial charge in [0.2, 0.25) is 0 Å². The van der Waals surface area contributed by atoms with Gasteiger partial charge in [-0.2, -0.15) is 0 Å². The molecule has 0 atom stereocenters. The summed E-state index contributed by atoms with van der Waals surface area (Å²) in [6.07, 6.45) is 0. The zero-order valence-corrected chi connectivity index (χ0v) is 44.5. The smallest absolute Gasteiger partial charge is 0.131 e. The van der Waals surface area contributed by atoms with E-state index in [0.717, 1.165) is 45.3 Å². The first-order chi connectivity index (χ1) is 29.1. The monoisotopic (exact) mass is 893 g/mol. The fourth-order valence-electron chi connectivity index (χ4n) is 5.50. The molecule has 0 N–H and O–H groups in total. The molecule has 0 radical (unpaired) electrons. The minimum absolute atomic E-state index is 0.446. The summed E-state index contributed by atoms with van der Waals surface area (Å²) in [5, 5.41) is 4.79. The Morgan fingerprint density at radius 1 is 0.267 bits per heavy atom. The average molecular weight is 893 g/mol. The summed E-state index contributed by atoms with van der Waals surface area (Å²) in [5.41, 5.74) is 4.43. The van der Waals surface area contributed by atoms with Gasteiger partial charge >= 0.3 is 0 Å². The predicted octanol–water partition coefficient (Wildman–Crippen LogP) is 19.3. The largest absolute Gasteiger partial charge is 0.474 e. The van der Waals surface area contributed by atoms with Crippen molar-refractivity contribution in [3.8, 4) is 45.3 Å². The predicted molar refractivity (Wildman–Crippen MR) is 284 cm³/mol. The van der Waals surface area contributed by atoms with Crippen LogP contribution >= 0.6 is 32.6 Å². The summed E-state index contributed by atoms with van der Waals surface area (Å²) in [5.74, 6) is 3.70. The van der Waals surface area contributed by atoms with E-state index in [2.05, 4.69) is 138 Å². The van der Waals surface area contributed by atoms with Gasteiger partial charge in [0, 0.05) is 22.3 Å². The molecule has 60 heavy (non-hydrogen) atoms. The number of rotatable bonds is 10. The quantitative estimate of drug-likeness (QED) is 0.128. The van der Waals surface area contributed by atoms with E-state index >= 15 is 0 Å². The Balaban J connectivity index is 0. The minimum atomic E-state index is -0.545. The van der Waals surface area contributed by atoms with Gasteiger partial charge in [0.05, 0.1) is 32.6 Å². The fourth-order valence-corrected chi connectivity index (χ4v) is 7.69. The summed E-state index contributed by atoms with van der Waals surface area (Å²) in [7, 11) is -1.98. The van der Waals surface area contributed by atoms with Crippen LogP contribution in [0.25, 0.3) is 43.8 Å². The van der Waals surface area contributed by atoms with Crippen molar-refractivity contribution in [1.29, 1.82) is 0 Å². The van der Waals surface area contributed by atoms with E-state index in [4.69, 9.17) is 18.1 Å². The zero-order chi connectivity index (χ0) is 46.2. The van der Waals surface area contributed by atoms with Crippen molar-refractivity contribution < 1.29 is 18.1 Å². The van der Waals surface area contributed by atoms with Crippen LogP contribution in [0.2, 0.25) is 0 Å². The molecule has 0 heterocycles. The van der Waals surface area contributed by atoms with Gasteiger partial charge in [-0.3, -0.25) is 0 Å². The molecule has 0 amide bonds. The van der Waals surface area contributed by atoms with Crippen molar-refractivity contribution in [2.24, 2.45) is 0 Å². The standard InChI is InChI=1S/C24H24O2P2.C16H20O2P2.6C2H6/c1-27(2)25-21-15-13-17-9-5-7-11-19(17)23(21)24-20-12-8-6-10-18(20)14-16-22(24)26-28(3)4;1-19(2)17-15-11-7-5-9-13(15)14-10-6-8-12-16(14)18-20(3)4;6*1-2/h5-16H,1-4H3;5-12H,1-4H3;6*1-2H3. The number of hydrogen-bond donors (Lipinski definition) is 0. The molecule has 0 saturated carbocycles. The van der Waals surface area contributed by atoms with Crippen LogP contribution in [0.4, 0.5) is 0 Å². The van der Waals surface area contributed by atoms with Gasteiger partial charge in [0.15, 0.2) is 0 Å². The summed E-state index contributed by atoms with van der Waals surface area (Å²) in [6.45, 7) is 40.9. The average Bonchev–Trinajstić information content (AvgIpc) is 3.28. The second-order valence-corrected chi connectivity index (χ2v) is 19.2. The Morgan fingerprint density at radius 3 is 0.817 bits per heavy atom. The number of hydrogen-bond acceptors (Lipinski definition) is 4. The maximum absolute atomic E-state index is 6.33. The molecule has 0 bridgehead atoms. The van der Waals surface area contributed by atoms with Crippen molar-refractivity contribution in [1.82, 2.24) is 0 Å². The van der Waals surface area contributed by atoms with Crippen LogP contribution < -0.4 is 18.1 Å². The molecule has 6 aromatic carbocycles. The molecule has 0 aliphatic rings. The molecule has 8 heteroatoms. The lowest BCUT2D eigenvalue weighted by atomic mass is 9.92. The SMILES string of the molecule is CC.CC.CC.CC.CC.CC.CP(C)Oc1ccc2ccccc2c1-c1c(OP(C)C)ccc2ccccc12.CP(C)Oc1ccccc1-c1ccccc1OP(C)C. The van der Waals surface area contributed by atoms with E-state index in [1.54, 1.807) is 0 Å². The van der Waals surface area contributed by atoms with E-state index in [9.17, 15) is 0 Å². The van der Waals surface area contributed by atoms with Gasteiger partial charge in [-0.05, 0) is 99.1 Å². The van der Waals surface area contributed by atoms with Crippen molar-refractivity contribution in [2.75, 3.05) is 53.3 Å². The highest BCUT2D eigenvalue weighted by Gasteiger charge is 2.20. The Morgan fingerprint density at radius 2 is 0.517 bits per heavy atom. The lowest BCUT2D eigenvalue weighted by Gasteiger charge is -2.21. The Kier molecular flexibility index (Phi) is 34.7. The van der Waals surface area contributed by atoms with Crippen LogP contribution in [0, 0.1) is 0 Å². The van der Waals surface area contributed by atoms with Crippen LogP contribution in [-0.4, -0.2) is 53.3 Å². The molecule has 0 saturated heterocycles. The van der Waals surface area contributed by atoms with E-state index in [1.807, 2.05) is 119 Å². The second kappa shape index (κ2) is 35.4. The lowest BCUT2D eigenvalue weighted by molar-refractivity contribution is 0.616. The van der Waals surface area contributed by atoms with Crippen LogP contribution in [0.5, 0.6) is 23.0 Å². The molecule has 4 nitrogen and oxygen atoms in total. The van der Waals surface area contributed by atoms with Crippen LogP contribution in [0.15, 0.2) is 121 Å². The van der Waals surface area contributed by atoms with Crippen LogP contribution in [-0.2, 0) is 0 Å². The van der Waals surface area contributed by atoms with E-state index in [-0.39, 0.29) is 0 Å². The molecule has 332 valence electrons. The molecule has 6 rings (SSSR count). The molecule has 6 aromatic rings. The summed E-state index contributed by atoms with van der Waals surface area (Å²) < 4.78 is 24.6. The normalized spacial score (nSPS) is 9.60. The third-order valence-corrected chi connectivity index (χ3v) is 9.47. The van der Waals surface area contributed by atoms with Crippen molar-refractivity contribution in [3.05, 3.63) is 121 Å². The highest BCUT2D eigenvalue weighted by molar-refractivity contribution is 7.52. The van der Waals surface area contributed by atoms with E-state index < -0.39 is 32.6 Å². The lowest BCUT2D eigenvalue weighted by Crippen LogP contribution is -1.95. The maximum atomic E-state index is 6.33. The number of benzene rings is 6. The molecule has 0 spiro atoms. The molecule has 0 unspecified atom stereocenters. The van der Waals surface area contributed by atoms with Gasteiger partial charge in [-0.25, -0.2) is 0 Å². The van der Waals surface area contributed by atoms with Gasteiger partial charge in [0.25, 0.3) is 0 Å². The fraction of sp³-hybridized carbons (Fsp3) is 0.385. The van der Waals surface area contributed by atoms with Gasteiger partial charge in [0.1, 0.15) is 23.0 Å². The molecule has 0 aliphatic heterocycles. The topological polar surface area (TPSA) is 36.9 Å². The highest BCUT2D eigenvalue weighted by Crippen LogP contribution is 2.50. The molecule has 0 fully saturated rings. The van der Waals surface area contributed by atoms with Crippen LogP contribution in [0.1, 0.15) is 83.1 Å². The molecule has 0 aliphatic carbocycles. The highest BCUT2D eigenvalue weighted by atomic mass is 31.1. The maximum Gasteiger partial charge on any atom is 0.131 e. The molecular formula is C52H80O4P4. The Labute approximate surface area is 373 Å². The molecule has 0 aromatic heterocycles. The third-order valence-electron chi connectivity index (χ3n) is 7.22. The van der Waals surface area contributed by atoms with E-state index in [1.165, 1.54) is 21.5 Å². The van der Waals surface area contributed by atoms with E-state index in [0.29, 0.717) is 0 Å². The Hall–Kier alpha value is -3.24. The van der Waals surface area contributed by atoms with Gasteiger partial charge < -0.3 is 18.1 Å². The first-order valence-corrected chi connectivity index (χ1v) is 30.4. The molecular weight excluding hydrogens is 812 g/mol. The first-order valence-electron chi connectivity index (χ1n) is 21.8.